The SMILES string of the molecule is C=C(CCCCC(N)=O)c1ccc(CC)cc1.CO.FCCCCOc1ccc(CCCN2CCCC2)cc1. The van der Waals surface area contributed by atoms with Crippen molar-refractivity contribution in [1.29, 1.82) is 0 Å². The molecule has 2 aromatic carbocycles. The maximum Gasteiger partial charge on any atom is 0.217 e. The lowest BCUT2D eigenvalue weighted by Crippen LogP contribution is -2.20. The van der Waals surface area contributed by atoms with Crippen molar-refractivity contribution >= 4 is 11.5 Å². The Balaban J connectivity index is 0.000000371. The fourth-order valence-electron chi connectivity index (χ4n) is 4.41. The molecule has 5 nitrogen and oxygen atoms in total. The third-order valence-electron chi connectivity index (χ3n) is 6.78. The van der Waals surface area contributed by atoms with Crippen molar-refractivity contribution in [3.63, 3.8) is 0 Å². The lowest BCUT2D eigenvalue weighted by molar-refractivity contribution is -0.118. The highest BCUT2D eigenvalue weighted by Gasteiger charge is 2.10. The van der Waals surface area contributed by atoms with Gasteiger partial charge in [-0.05, 0) is 118 Å². The number of amides is 1. The summed E-state index contributed by atoms with van der Waals surface area (Å²) < 4.78 is 17.5. The van der Waals surface area contributed by atoms with Crippen LogP contribution in [0.5, 0.6) is 5.75 Å². The van der Waals surface area contributed by atoms with Crippen LogP contribution in [-0.4, -0.2) is 55.9 Å². The van der Waals surface area contributed by atoms with E-state index in [-0.39, 0.29) is 12.6 Å². The van der Waals surface area contributed by atoms with E-state index >= 15 is 0 Å². The molecule has 0 spiro atoms. The zero-order chi connectivity index (χ0) is 28.7. The Morgan fingerprint density at radius 3 is 2.13 bits per heavy atom. The van der Waals surface area contributed by atoms with Gasteiger partial charge in [0, 0.05) is 13.5 Å². The van der Waals surface area contributed by atoms with Gasteiger partial charge in [0.25, 0.3) is 0 Å². The maximum absolute atomic E-state index is 11.9. The topological polar surface area (TPSA) is 75.8 Å². The smallest absolute Gasteiger partial charge is 0.217 e. The van der Waals surface area contributed by atoms with Crippen molar-refractivity contribution in [2.75, 3.05) is 40.0 Å². The minimum absolute atomic E-state index is 0.220. The highest BCUT2D eigenvalue weighted by Crippen LogP contribution is 2.20. The molecule has 1 aliphatic rings. The molecule has 0 unspecified atom stereocenters. The predicted molar refractivity (Wildman–Crippen MR) is 162 cm³/mol. The monoisotopic (exact) mass is 542 g/mol. The van der Waals surface area contributed by atoms with Gasteiger partial charge >= 0.3 is 0 Å². The van der Waals surface area contributed by atoms with Crippen LogP contribution in [0.1, 0.15) is 81.4 Å². The zero-order valence-corrected chi connectivity index (χ0v) is 24.3. The molecule has 3 N–H and O–H groups in total. The number of nitrogens with zero attached hydrogens (tertiary/aromatic N) is 1. The Labute approximate surface area is 236 Å². The van der Waals surface area contributed by atoms with Crippen molar-refractivity contribution in [3.05, 3.63) is 71.8 Å². The van der Waals surface area contributed by atoms with Crippen molar-refractivity contribution in [2.24, 2.45) is 5.73 Å². The number of carbonyl (C=O) groups excluding carboxylic acids is 1. The van der Waals surface area contributed by atoms with Crippen LogP contribution in [-0.2, 0) is 17.6 Å². The number of hydrogen-bond acceptors (Lipinski definition) is 4. The Morgan fingerprint density at radius 1 is 0.923 bits per heavy atom. The first-order chi connectivity index (χ1) is 19.0. The second-order valence-corrected chi connectivity index (χ2v) is 9.87. The number of halogens is 1. The summed E-state index contributed by atoms with van der Waals surface area (Å²) in [6.45, 7) is 10.4. The number of ether oxygens (including phenoxy) is 1. The van der Waals surface area contributed by atoms with E-state index in [1.165, 1.54) is 55.6 Å². The molecule has 0 radical (unpaired) electrons. The Hall–Kier alpha value is -2.70. The van der Waals surface area contributed by atoms with E-state index in [4.69, 9.17) is 15.6 Å². The lowest BCUT2D eigenvalue weighted by Gasteiger charge is -2.14. The molecule has 0 bridgehead atoms. The van der Waals surface area contributed by atoms with Crippen LogP contribution in [0.4, 0.5) is 4.39 Å². The molecule has 1 aliphatic heterocycles. The van der Waals surface area contributed by atoms with Gasteiger partial charge in [0.2, 0.25) is 5.91 Å². The summed E-state index contributed by atoms with van der Waals surface area (Å²) in [6, 6.07) is 16.9. The largest absolute Gasteiger partial charge is 0.494 e. The molecule has 3 rings (SSSR count). The van der Waals surface area contributed by atoms with E-state index in [0.717, 1.165) is 57.0 Å². The quantitative estimate of drug-likeness (QED) is 0.230. The van der Waals surface area contributed by atoms with Gasteiger partial charge in [-0.3, -0.25) is 9.18 Å². The summed E-state index contributed by atoms with van der Waals surface area (Å²) in [5.74, 6) is 0.676. The first kappa shape index (κ1) is 34.3. The summed E-state index contributed by atoms with van der Waals surface area (Å²) in [6.07, 6.45) is 10.8. The summed E-state index contributed by atoms with van der Waals surface area (Å²) in [7, 11) is 1.00. The number of likely N-dealkylation sites (tertiary alicyclic amines) is 1. The Kier molecular flexibility index (Phi) is 19.5. The number of aliphatic hydroxyl groups excluding tert-OH is 1. The highest BCUT2D eigenvalue weighted by molar-refractivity contribution is 5.73. The summed E-state index contributed by atoms with van der Waals surface area (Å²) in [4.78, 5) is 13.1. The first-order valence-electron chi connectivity index (χ1n) is 14.5. The summed E-state index contributed by atoms with van der Waals surface area (Å²) in [5, 5.41) is 7.00. The van der Waals surface area contributed by atoms with E-state index in [2.05, 4.69) is 54.8 Å². The molecule has 1 heterocycles. The molecule has 6 heteroatoms. The van der Waals surface area contributed by atoms with Crippen LogP contribution >= 0.6 is 0 Å². The molecule has 1 fully saturated rings. The number of aryl methyl sites for hydroxylation is 2. The van der Waals surface area contributed by atoms with E-state index < -0.39 is 0 Å². The number of nitrogens with two attached hydrogens (primary N) is 1. The fraction of sp³-hybridized carbons (Fsp3) is 0.545. The van der Waals surface area contributed by atoms with Crippen molar-refractivity contribution in [2.45, 2.75) is 77.6 Å². The van der Waals surface area contributed by atoms with Gasteiger partial charge in [-0.25, -0.2) is 0 Å². The molecule has 0 atom stereocenters. The molecule has 0 aliphatic carbocycles. The van der Waals surface area contributed by atoms with E-state index in [0.29, 0.717) is 19.4 Å². The number of alkyl halides is 1. The van der Waals surface area contributed by atoms with E-state index in [9.17, 15) is 9.18 Å². The molecule has 1 amide bonds. The third-order valence-corrected chi connectivity index (χ3v) is 6.78. The number of carbonyl (C=O) groups is 1. The highest BCUT2D eigenvalue weighted by atomic mass is 19.1. The van der Waals surface area contributed by atoms with E-state index in [1.807, 2.05) is 12.1 Å². The average molecular weight is 543 g/mol. The predicted octanol–water partition coefficient (Wildman–Crippen LogP) is 6.76. The number of primary amides is 1. The second-order valence-electron chi connectivity index (χ2n) is 9.87. The second kappa shape index (κ2) is 22.2. The average Bonchev–Trinajstić information content (AvgIpc) is 3.49. The van der Waals surface area contributed by atoms with E-state index in [1.54, 1.807) is 0 Å². The van der Waals surface area contributed by atoms with Crippen molar-refractivity contribution < 1.29 is 19.0 Å². The van der Waals surface area contributed by atoms with Crippen LogP contribution in [0.3, 0.4) is 0 Å². The molecule has 39 heavy (non-hydrogen) atoms. The molecule has 218 valence electrons. The molecule has 0 saturated carbocycles. The normalized spacial score (nSPS) is 12.6. The number of allylic oxidation sites excluding steroid dienone is 1. The fourth-order valence-corrected chi connectivity index (χ4v) is 4.41. The van der Waals surface area contributed by atoms with Gasteiger partial charge < -0.3 is 20.5 Å². The minimum Gasteiger partial charge on any atom is -0.494 e. The number of unbranched alkanes of at least 4 members (excludes halogenated alkanes) is 2. The van der Waals surface area contributed by atoms with Crippen LogP contribution in [0.2, 0.25) is 0 Å². The van der Waals surface area contributed by atoms with Crippen molar-refractivity contribution in [1.82, 2.24) is 4.90 Å². The number of benzene rings is 2. The standard InChI is InChI=1S/C17H26FNO.C15H21NO.CH4O/c18-11-1-4-15-20-17-9-7-16(8-10-17)6-5-14-19-12-2-3-13-19;1-3-13-8-10-14(11-9-13)12(2)6-4-5-7-15(16)17;1-2/h7-10H,1-6,11-15H2;8-11H,2-7H2,1H3,(H2,16,17);2H,1H3. The van der Waals surface area contributed by atoms with Gasteiger partial charge in [-0.2, -0.15) is 0 Å². The number of rotatable bonds is 16. The summed E-state index contributed by atoms with van der Waals surface area (Å²) in [5.41, 5.74) is 10.1. The molecule has 1 saturated heterocycles. The molecule has 0 aromatic heterocycles. The third kappa shape index (κ3) is 16.1. The van der Waals surface area contributed by atoms with Crippen LogP contribution in [0.25, 0.3) is 5.57 Å². The zero-order valence-electron chi connectivity index (χ0n) is 24.3. The molecule has 2 aromatic rings. The van der Waals surface area contributed by atoms with Gasteiger partial charge in [0.15, 0.2) is 0 Å². The Bertz CT molecular complexity index is 894. The lowest BCUT2D eigenvalue weighted by atomic mass is 9.99. The van der Waals surface area contributed by atoms with Crippen molar-refractivity contribution in [3.8, 4) is 5.75 Å². The summed E-state index contributed by atoms with van der Waals surface area (Å²) >= 11 is 0. The van der Waals surface area contributed by atoms with Gasteiger partial charge in [-0.15, -0.1) is 0 Å². The maximum atomic E-state index is 11.9. The van der Waals surface area contributed by atoms with Gasteiger partial charge in [-0.1, -0.05) is 49.9 Å². The number of hydrogen-bond donors (Lipinski definition) is 2. The molecular weight excluding hydrogens is 491 g/mol. The first-order valence-corrected chi connectivity index (χ1v) is 14.5. The van der Waals surface area contributed by atoms with Crippen LogP contribution in [0.15, 0.2) is 55.1 Å². The van der Waals surface area contributed by atoms with Crippen LogP contribution < -0.4 is 10.5 Å². The van der Waals surface area contributed by atoms with Crippen LogP contribution in [0, 0.1) is 0 Å². The molecular formula is C33H51FN2O3. The minimum atomic E-state index is -0.251. The Morgan fingerprint density at radius 2 is 1.54 bits per heavy atom. The van der Waals surface area contributed by atoms with Gasteiger partial charge in [0.05, 0.1) is 13.3 Å². The van der Waals surface area contributed by atoms with Gasteiger partial charge in [0.1, 0.15) is 5.75 Å². The number of aliphatic hydroxyl groups is 1.